The normalized spacial score (nSPS) is 16.2. The zero-order chi connectivity index (χ0) is 16.2. The van der Waals surface area contributed by atoms with Crippen LogP contribution in [0.5, 0.6) is 0 Å². The zero-order valence-corrected chi connectivity index (χ0v) is 13.7. The first kappa shape index (κ1) is 16.4. The molecule has 1 N–H and O–H groups in total. The third-order valence-corrected chi connectivity index (χ3v) is 4.03. The molecular formula is C18H25N3O. The van der Waals surface area contributed by atoms with Gasteiger partial charge in [0.15, 0.2) is 0 Å². The van der Waals surface area contributed by atoms with Gasteiger partial charge in [-0.1, -0.05) is 32.9 Å². The third-order valence-electron chi connectivity index (χ3n) is 4.03. The number of piperidine rings is 1. The molecule has 1 fully saturated rings. The van der Waals surface area contributed by atoms with Gasteiger partial charge in [-0.3, -0.25) is 4.79 Å². The Morgan fingerprint density at radius 3 is 2.36 bits per heavy atom. The van der Waals surface area contributed by atoms with Gasteiger partial charge in [-0.15, -0.1) is 0 Å². The predicted molar refractivity (Wildman–Crippen MR) is 88.4 cm³/mol. The van der Waals surface area contributed by atoms with E-state index < -0.39 is 0 Å². The van der Waals surface area contributed by atoms with E-state index in [-0.39, 0.29) is 11.3 Å². The Labute approximate surface area is 133 Å². The van der Waals surface area contributed by atoms with Gasteiger partial charge in [0.1, 0.15) is 0 Å². The van der Waals surface area contributed by atoms with Crippen LogP contribution in [0.4, 0.5) is 5.69 Å². The van der Waals surface area contributed by atoms with Crippen molar-refractivity contribution in [3.05, 3.63) is 29.8 Å². The molecule has 4 heteroatoms. The van der Waals surface area contributed by atoms with E-state index in [1.165, 1.54) is 0 Å². The van der Waals surface area contributed by atoms with Crippen molar-refractivity contribution in [3.63, 3.8) is 0 Å². The standard InChI is InChI=1S/C18H25N3O/c1-18(2,3)17(22)21-12-9-16(10-13-21)20-15-6-4-14(5-7-15)8-11-19/h4-7,16,20H,8-10,12-13H2,1-3H3. The highest BCUT2D eigenvalue weighted by Crippen LogP contribution is 2.22. The maximum Gasteiger partial charge on any atom is 0.227 e. The third kappa shape index (κ3) is 4.24. The number of rotatable bonds is 3. The number of hydrogen-bond acceptors (Lipinski definition) is 3. The van der Waals surface area contributed by atoms with Crippen molar-refractivity contribution in [1.82, 2.24) is 4.90 Å². The van der Waals surface area contributed by atoms with Crippen molar-refractivity contribution in [3.8, 4) is 6.07 Å². The molecule has 1 heterocycles. The van der Waals surface area contributed by atoms with Crippen LogP contribution < -0.4 is 5.32 Å². The van der Waals surface area contributed by atoms with Gasteiger partial charge in [-0.05, 0) is 30.5 Å². The molecule has 1 aliphatic heterocycles. The Hall–Kier alpha value is -2.02. The molecule has 1 aromatic rings. The van der Waals surface area contributed by atoms with Crippen LogP contribution in [0.2, 0.25) is 0 Å². The molecule has 0 saturated carbocycles. The maximum absolute atomic E-state index is 12.3. The lowest BCUT2D eigenvalue weighted by Gasteiger charge is -2.36. The van der Waals surface area contributed by atoms with E-state index in [2.05, 4.69) is 11.4 Å². The van der Waals surface area contributed by atoms with Crippen molar-refractivity contribution in [2.24, 2.45) is 5.41 Å². The SMILES string of the molecule is CC(C)(C)C(=O)N1CCC(Nc2ccc(CC#N)cc2)CC1. The second kappa shape index (κ2) is 6.83. The maximum atomic E-state index is 12.3. The Bertz CT molecular complexity index is 543. The summed E-state index contributed by atoms with van der Waals surface area (Å²) in [7, 11) is 0. The molecule has 0 radical (unpaired) electrons. The molecule has 1 aliphatic rings. The molecule has 0 spiro atoms. The quantitative estimate of drug-likeness (QED) is 0.932. The molecular weight excluding hydrogens is 274 g/mol. The predicted octanol–water partition coefficient (Wildman–Crippen LogP) is 3.20. The minimum atomic E-state index is -0.295. The molecule has 1 aromatic carbocycles. The molecule has 0 unspecified atom stereocenters. The first-order chi connectivity index (χ1) is 10.4. The van der Waals surface area contributed by atoms with Crippen LogP contribution in [0.3, 0.4) is 0 Å². The van der Waals surface area contributed by atoms with Crippen LogP contribution >= 0.6 is 0 Å². The minimum Gasteiger partial charge on any atom is -0.382 e. The summed E-state index contributed by atoms with van der Waals surface area (Å²) in [5.74, 6) is 0.242. The Morgan fingerprint density at radius 2 is 1.86 bits per heavy atom. The number of likely N-dealkylation sites (tertiary alicyclic amines) is 1. The fraction of sp³-hybridized carbons (Fsp3) is 0.556. The fourth-order valence-electron chi connectivity index (χ4n) is 2.75. The van der Waals surface area contributed by atoms with Crippen molar-refractivity contribution in [2.45, 2.75) is 46.1 Å². The second-order valence-electron chi connectivity index (χ2n) is 6.99. The van der Waals surface area contributed by atoms with E-state index >= 15 is 0 Å². The van der Waals surface area contributed by atoms with Crippen LogP contribution in [0.25, 0.3) is 0 Å². The van der Waals surface area contributed by atoms with E-state index in [0.717, 1.165) is 37.2 Å². The van der Waals surface area contributed by atoms with Crippen molar-refractivity contribution in [1.29, 1.82) is 5.26 Å². The molecule has 0 bridgehead atoms. The van der Waals surface area contributed by atoms with E-state index in [0.29, 0.717) is 12.5 Å². The number of nitrogens with zero attached hydrogens (tertiary/aromatic N) is 2. The van der Waals surface area contributed by atoms with Crippen LogP contribution in [-0.4, -0.2) is 29.9 Å². The summed E-state index contributed by atoms with van der Waals surface area (Å²) in [6, 6.07) is 10.6. The average Bonchev–Trinajstić information content (AvgIpc) is 2.49. The van der Waals surface area contributed by atoms with Gasteiger partial charge in [-0.2, -0.15) is 5.26 Å². The topological polar surface area (TPSA) is 56.1 Å². The number of benzene rings is 1. The number of amides is 1. The summed E-state index contributed by atoms with van der Waals surface area (Å²) in [6.45, 7) is 7.56. The number of nitriles is 1. The van der Waals surface area contributed by atoms with E-state index in [1.54, 1.807) is 0 Å². The van der Waals surface area contributed by atoms with Crippen molar-refractivity contribution < 1.29 is 4.79 Å². The van der Waals surface area contributed by atoms with Gasteiger partial charge in [0.2, 0.25) is 5.91 Å². The zero-order valence-electron chi connectivity index (χ0n) is 13.7. The Kier molecular flexibility index (Phi) is 5.07. The van der Waals surface area contributed by atoms with E-state index in [4.69, 9.17) is 5.26 Å². The smallest absolute Gasteiger partial charge is 0.227 e. The summed E-state index contributed by atoms with van der Waals surface area (Å²) in [4.78, 5) is 14.2. The number of hydrogen-bond donors (Lipinski definition) is 1. The summed E-state index contributed by atoms with van der Waals surface area (Å²) in [6.07, 6.45) is 2.40. The van der Waals surface area contributed by atoms with Gasteiger partial charge in [-0.25, -0.2) is 0 Å². The van der Waals surface area contributed by atoms with Crippen LogP contribution in [0.1, 0.15) is 39.2 Å². The number of carbonyl (C=O) groups is 1. The molecule has 0 aromatic heterocycles. The highest BCUT2D eigenvalue weighted by atomic mass is 16.2. The van der Waals surface area contributed by atoms with Gasteiger partial charge in [0.25, 0.3) is 0 Å². The summed E-state index contributed by atoms with van der Waals surface area (Å²) < 4.78 is 0. The van der Waals surface area contributed by atoms with Crippen molar-refractivity contribution >= 4 is 11.6 Å². The number of anilines is 1. The molecule has 1 saturated heterocycles. The van der Waals surface area contributed by atoms with Crippen molar-refractivity contribution in [2.75, 3.05) is 18.4 Å². The van der Waals surface area contributed by atoms with Crippen LogP contribution in [-0.2, 0) is 11.2 Å². The van der Waals surface area contributed by atoms with Gasteiger partial charge < -0.3 is 10.2 Å². The lowest BCUT2D eigenvalue weighted by molar-refractivity contribution is -0.140. The Morgan fingerprint density at radius 1 is 1.27 bits per heavy atom. The molecule has 1 amide bonds. The fourth-order valence-corrected chi connectivity index (χ4v) is 2.75. The molecule has 0 atom stereocenters. The Balaban J connectivity index is 1.85. The summed E-state index contributed by atoms with van der Waals surface area (Å²) >= 11 is 0. The van der Waals surface area contributed by atoms with E-state index in [9.17, 15) is 4.79 Å². The first-order valence-corrected chi connectivity index (χ1v) is 7.92. The van der Waals surface area contributed by atoms with Gasteiger partial charge >= 0.3 is 0 Å². The monoisotopic (exact) mass is 299 g/mol. The molecule has 2 rings (SSSR count). The summed E-state index contributed by atoms with van der Waals surface area (Å²) in [5.41, 5.74) is 1.83. The lowest BCUT2D eigenvalue weighted by atomic mass is 9.93. The molecule has 22 heavy (non-hydrogen) atoms. The van der Waals surface area contributed by atoms with Crippen LogP contribution in [0.15, 0.2) is 24.3 Å². The summed E-state index contributed by atoms with van der Waals surface area (Å²) in [5, 5.41) is 12.2. The lowest BCUT2D eigenvalue weighted by Crippen LogP contribution is -2.46. The largest absolute Gasteiger partial charge is 0.382 e. The van der Waals surface area contributed by atoms with E-state index in [1.807, 2.05) is 49.9 Å². The highest BCUT2D eigenvalue weighted by Gasteiger charge is 2.30. The number of nitrogens with one attached hydrogen (secondary N) is 1. The second-order valence-corrected chi connectivity index (χ2v) is 6.99. The van der Waals surface area contributed by atoms with Gasteiger partial charge in [0, 0.05) is 30.2 Å². The minimum absolute atomic E-state index is 0.242. The van der Waals surface area contributed by atoms with Gasteiger partial charge in [0.05, 0.1) is 12.5 Å². The number of carbonyl (C=O) groups excluding carboxylic acids is 1. The van der Waals surface area contributed by atoms with Crippen LogP contribution in [0, 0.1) is 16.7 Å². The highest BCUT2D eigenvalue weighted by molar-refractivity contribution is 5.81. The molecule has 4 nitrogen and oxygen atoms in total. The molecule has 118 valence electrons. The molecule has 0 aliphatic carbocycles. The first-order valence-electron chi connectivity index (χ1n) is 7.92. The average molecular weight is 299 g/mol.